The molecule has 122 valence electrons. The normalized spacial score (nSPS) is 12.2. The summed E-state index contributed by atoms with van der Waals surface area (Å²) in [6.45, 7) is 0. The van der Waals surface area contributed by atoms with Gasteiger partial charge in [-0.1, -0.05) is 12.1 Å². The quantitative estimate of drug-likeness (QED) is 0.548. The number of aromatic nitrogens is 3. The Morgan fingerprint density at radius 2 is 1.62 bits per heavy atom. The first-order chi connectivity index (χ1) is 11.4. The van der Waals surface area contributed by atoms with Crippen LogP contribution in [0, 0.1) is 0 Å². The van der Waals surface area contributed by atoms with Gasteiger partial charge in [0.15, 0.2) is 11.2 Å². The van der Waals surface area contributed by atoms with Crippen LogP contribution in [0.1, 0.15) is 5.69 Å². The van der Waals surface area contributed by atoms with E-state index in [0.29, 0.717) is 11.1 Å². The average molecular weight is 334 g/mol. The van der Waals surface area contributed by atoms with Gasteiger partial charge in [0, 0.05) is 13.1 Å². The highest BCUT2D eigenvalue weighted by Gasteiger charge is 2.33. The number of fused-ring (bicyclic) bond motifs is 2. The van der Waals surface area contributed by atoms with Crippen LogP contribution in [-0.2, 0) is 6.18 Å². The van der Waals surface area contributed by atoms with Crippen LogP contribution in [0.4, 0.5) is 25.2 Å². The van der Waals surface area contributed by atoms with Crippen LogP contribution >= 0.6 is 0 Å². The van der Waals surface area contributed by atoms with Crippen molar-refractivity contribution in [3.63, 3.8) is 0 Å². The standard InChI is InChI=1S/C15H9F3N4O2/c1-22(13-20-8-4-2-3-5-10(8)23-13)14-21-9-7-19-12(15(16,17)18)6-11(9)24-14/h2-7H,1H3. The Labute approximate surface area is 132 Å². The van der Waals surface area contributed by atoms with E-state index in [0.717, 1.165) is 12.3 Å². The van der Waals surface area contributed by atoms with Gasteiger partial charge in [0.05, 0.1) is 6.20 Å². The molecule has 1 aromatic carbocycles. The molecule has 0 aliphatic carbocycles. The summed E-state index contributed by atoms with van der Waals surface area (Å²) in [5.41, 5.74) is 0.381. The predicted octanol–water partition coefficient (Wildman–Crippen LogP) is 4.15. The van der Waals surface area contributed by atoms with Gasteiger partial charge in [-0.05, 0) is 12.1 Å². The number of pyridine rings is 1. The molecule has 24 heavy (non-hydrogen) atoms. The van der Waals surface area contributed by atoms with Crippen molar-refractivity contribution < 1.29 is 22.0 Å². The summed E-state index contributed by atoms with van der Waals surface area (Å²) < 4.78 is 49.1. The summed E-state index contributed by atoms with van der Waals surface area (Å²) in [4.78, 5) is 13.2. The Kier molecular flexibility index (Phi) is 2.99. The maximum Gasteiger partial charge on any atom is 0.433 e. The number of para-hydroxylation sites is 2. The van der Waals surface area contributed by atoms with Crippen LogP contribution in [0.2, 0.25) is 0 Å². The van der Waals surface area contributed by atoms with Crippen LogP contribution < -0.4 is 4.90 Å². The monoisotopic (exact) mass is 334 g/mol. The maximum atomic E-state index is 12.7. The molecule has 0 radical (unpaired) electrons. The second kappa shape index (κ2) is 4.95. The third kappa shape index (κ3) is 2.34. The maximum absolute atomic E-state index is 12.7. The number of alkyl halides is 3. The number of hydrogen-bond acceptors (Lipinski definition) is 6. The van der Waals surface area contributed by atoms with E-state index in [1.165, 1.54) is 4.90 Å². The van der Waals surface area contributed by atoms with Crippen molar-refractivity contribution in [2.75, 3.05) is 11.9 Å². The van der Waals surface area contributed by atoms with Crippen LogP contribution in [0.15, 0.2) is 45.4 Å². The van der Waals surface area contributed by atoms with Crippen molar-refractivity contribution in [1.82, 2.24) is 15.0 Å². The Bertz CT molecular complexity index is 1000. The van der Waals surface area contributed by atoms with E-state index in [2.05, 4.69) is 15.0 Å². The van der Waals surface area contributed by atoms with E-state index in [-0.39, 0.29) is 23.1 Å². The molecule has 0 bridgehead atoms. The van der Waals surface area contributed by atoms with E-state index < -0.39 is 11.9 Å². The molecule has 0 aliphatic heterocycles. The van der Waals surface area contributed by atoms with Gasteiger partial charge in [-0.25, -0.2) is 4.98 Å². The lowest BCUT2D eigenvalue weighted by Crippen LogP contribution is -2.09. The zero-order valence-corrected chi connectivity index (χ0v) is 12.2. The van der Waals surface area contributed by atoms with E-state index in [1.807, 2.05) is 6.07 Å². The minimum absolute atomic E-state index is 0.0183. The third-order valence-corrected chi connectivity index (χ3v) is 3.41. The lowest BCUT2D eigenvalue weighted by molar-refractivity contribution is -0.141. The molecule has 0 atom stereocenters. The summed E-state index contributed by atoms with van der Waals surface area (Å²) in [5, 5.41) is 0. The molecule has 0 saturated heterocycles. The first-order valence-electron chi connectivity index (χ1n) is 6.85. The Morgan fingerprint density at radius 3 is 2.33 bits per heavy atom. The molecule has 0 saturated carbocycles. The van der Waals surface area contributed by atoms with Gasteiger partial charge in [-0.15, -0.1) is 0 Å². The van der Waals surface area contributed by atoms with Gasteiger partial charge in [0.1, 0.15) is 16.7 Å². The summed E-state index contributed by atoms with van der Waals surface area (Å²) in [5.74, 6) is 0. The molecule has 0 aliphatic rings. The fraction of sp³-hybridized carbons (Fsp3) is 0.133. The fourth-order valence-electron chi connectivity index (χ4n) is 2.20. The van der Waals surface area contributed by atoms with Gasteiger partial charge in [0.25, 0.3) is 0 Å². The lowest BCUT2D eigenvalue weighted by Gasteiger charge is -2.07. The van der Waals surface area contributed by atoms with E-state index >= 15 is 0 Å². The molecule has 0 unspecified atom stereocenters. The first kappa shape index (κ1) is 14.5. The molecule has 3 heterocycles. The molecule has 0 fully saturated rings. The number of halogens is 3. The first-order valence-corrected chi connectivity index (χ1v) is 6.85. The lowest BCUT2D eigenvalue weighted by atomic mass is 10.3. The average Bonchev–Trinajstić information content (AvgIpc) is 3.16. The number of hydrogen-bond donors (Lipinski definition) is 0. The number of anilines is 2. The van der Waals surface area contributed by atoms with Crippen molar-refractivity contribution in [2.45, 2.75) is 6.18 Å². The van der Waals surface area contributed by atoms with Crippen molar-refractivity contribution >= 4 is 34.2 Å². The summed E-state index contributed by atoms with van der Waals surface area (Å²) in [6.07, 6.45) is -3.53. The van der Waals surface area contributed by atoms with Crippen LogP contribution in [-0.4, -0.2) is 22.0 Å². The van der Waals surface area contributed by atoms with Crippen molar-refractivity contribution in [3.8, 4) is 0 Å². The molecular formula is C15H9F3N4O2. The van der Waals surface area contributed by atoms with Gasteiger partial charge < -0.3 is 8.83 Å². The second-order valence-corrected chi connectivity index (χ2v) is 5.05. The van der Waals surface area contributed by atoms with Crippen LogP contribution in [0.25, 0.3) is 22.2 Å². The highest BCUT2D eigenvalue weighted by Crippen LogP contribution is 2.32. The third-order valence-electron chi connectivity index (χ3n) is 3.41. The Hall–Kier alpha value is -3.10. The van der Waals surface area contributed by atoms with Crippen molar-refractivity contribution in [1.29, 1.82) is 0 Å². The SMILES string of the molecule is CN(c1nc2ccccc2o1)c1nc2cnc(C(F)(F)F)cc2o1. The zero-order chi connectivity index (χ0) is 16.9. The van der Waals surface area contributed by atoms with Crippen molar-refractivity contribution in [2.24, 2.45) is 0 Å². The van der Waals surface area contributed by atoms with E-state index in [1.54, 1.807) is 25.2 Å². The molecule has 6 nitrogen and oxygen atoms in total. The molecule has 0 amide bonds. The Morgan fingerprint density at radius 1 is 0.958 bits per heavy atom. The Balaban J connectivity index is 1.75. The van der Waals surface area contributed by atoms with Gasteiger partial charge in [-0.3, -0.25) is 4.90 Å². The van der Waals surface area contributed by atoms with Gasteiger partial charge in [0.2, 0.25) is 0 Å². The molecular weight excluding hydrogens is 325 g/mol. The molecule has 4 rings (SSSR count). The highest BCUT2D eigenvalue weighted by atomic mass is 19.4. The smallest absolute Gasteiger partial charge is 0.423 e. The summed E-state index contributed by atoms with van der Waals surface area (Å²) in [7, 11) is 1.59. The molecule has 9 heteroatoms. The topological polar surface area (TPSA) is 68.2 Å². The van der Waals surface area contributed by atoms with Crippen LogP contribution in [0.3, 0.4) is 0 Å². The number of benzene rings is 1. The molecule has 0 N–H and O–H groups in total. The predicted molar refractivity (Wildman–Crippen MR) is 78.9 cm³/mol. The highest BCUT2D eigenvalue weighted by molar-refractivity contribution is 5.77. The number of rotatable bonds is 2. The van der Waals surface area contributed by atoms with Crippen LogP contribution in [0.5, 0.6) is 0 Å². The minimum Gasteiger partial charge on any atom is -0.423 e. The van der Waals surface area contributed by atoms with Gasteiger partial charge >= 0.3 is 18.2 Å². The zero-order valence-electron chi connectivity index (χ0n) is 12.2. The number of oxazole rings is 2. The van der Waals surface area contributed by atoms with Gasteiger partial charge in [-0.2, -0.15) is 23.1 Å². The molecule has 0 spiro atoms. The summed E-state index contributed by atoms with van der Waals surface area (Å²) in [6, 6.07) is 8.24. The minimum atomic E-state index is -4.55. The van der Waals surface area contributed by atoms with E-state index in [4.69, 9.17) is 8.83 Å². The number of nitrogens with zero attached hydrogens (tertiary/aromatic N) is 4. The van der Waals surface area contributed by atoms with Crippen molar-refractivity contribution in [3.05, 3.63) is 42.2 Å². The second-order valence-electron chi connectivity index (χ2n) is 5.05. The fourth-order valence-corrected chi connectivity index (χ4v) is 2.20. The van der Waals surface area contributed by atoms with E-state index in [9.17, 15) is 13.2 Å². The summed E-state index contributed by atoms with van der Waals surface area (Å²) >= 11 is 0. The molecule has 4 aromatic rings. The molecule has 3 aromatic heterocycles. The largest absolute Gasteiger partial charge is 0.433 e.